The van der Waals surface area contributed by atoms with Gasteiger partial charge < -0.3 is 10.5 Å². The van der Waals surface area contributed by atoms with Gasteiger partial charge in [0.1, 0.15) is 6.20 Å². The quantitative estimate of drug-likeness (QED) is 0.460. The molecule has 0 radical (unpaired) electrons. The lowest BCUT2D eigenvalue weighted by Crippen LogP contribution is -2.26. The van der Waals surface area contributed by atoms with Gasteiger partial charge in [-0.1, -0.05) is 5.92 Å². The lowest BCUT2D eigenvalue weighted by atomic mass is 10.1. The predicted octanol–water partition coefficient (Wildman–Crippen LogP) is 0.758. The molecule has 0 aliphatic rings. The molecule has 0 amide bonds. The van der Waals surface area contributed by atoms with Crippen LogP contribution in [-0.2, 0) is 0 Å². The molecule has 0 aromatic carbocycles. The molecule has 0 saturated heterocycles. The van der Waals surface area contributed by atoms with Crippen molar-refractivity contribution in [2.24, 2.45) is 0 Å². The molecular weight excluding hydrogens is 212 g/mol. The highest BCUT2D eigenvalue weighted by atomic mass is 16.6. The molecular formula is C9H10N4O3. The Labute approximate surface area is 91.8 Å². The van der Waals surface area contributed by atoms with Crippen molar-refractivity contribution < 1.29 is 9.66 Å². The summed E-state index contributed by atoms with van der Waals surface area (Å²) in [5.41, 5.74) is 3.93. The number of nitrogen functional groups attached to an aromatic ring is 1. The first-order valence-electron chi connectivity index (χ1n) is 4.29. The van der Waals surface area contributed by atoms with Crippen LogP contribution in [0, 0.1) is 22.5 Å². The third-order valence-electron chi connectivity index (χ3n) is 1.65. The van der Waals surface area contributed by atoms with E-state index in [1.165, 1.54) is 0 Å². The molecule has 1 heterocycles. The van der Waals surface area contributed by atoms with Gasteiger partial charge in [0.2, 0.25) is 5.95 Å². The average Bonchev–Trinajstić information content (AvgIpc) is 2.16. The summed E-state index contributed by atoms with van der Waals surface area (Å²) >= 11 is 0. The Balaban J connectivity index is 3.17. The second kappa shape index (κ2) is 4.02. The normalized spacial score (nSPS) is 10.6. The molecule has 7 nitrogen and oxygen atoms in total. The minimum atomic E-state index is -1.01. The number of nitrogens with zero attached hydrogens (tertiary/aromatic N) is 3. The Morgan fingerprint density at radius 3 is 2.81 bits per heavy atom. The summed E-state index contributed by atoms with van der Waals surface area (Å²) < 4.78 is 5.22. The van der Waals surface area contributed by atoms with Crippen molar-refractivity contribution in [3.63, 3.8) is 0 Å². The highest BCUT2D eigenvalue weighted by Gasteiger charge is 2.25. The highest BCUT2D eigenvalue weighted by molar-refractivity contribution is 5.42. The summed E-state index contributed by atoms with van der Waals surface area (Å²) in [6.07, 6.45) is 6.18. The van der Waals surface area contributed by atoms with Crippen LogP contribution in [0.15, 0.2) is 6.20 Å². The number of ether oxygens (including phenoxy) is 1. The molecule has 0 atom stereocenters. The fraction of sp³-hybridized carbons (Fsp3) is 0.333. The summed E-state index contributed by atoms with van der Waals surface area (Å²) in [5.74, 6) is 1.98. The van der Waals surface area contributed by atoms with E-state index < -0.39 is 10.5 Å². The van der Waals surface area contributed by atoms with Crippen LogP contribution >= 0.6 is 0 Å². The highest BCUT2D eigenvalue weighted by Crippen LogP contribution is 2.26. The number of terminal acetylenes is 1. The molecule has 0 bridgehead atoms. The lowest BCUT2D eigenvalue weighted by molar-refractivity contribution is -0.386. The maximum atomic E-state index is 10.7. The summed E-state index contributed by atoms with van der Waals surface area (Å²) in [6, 6.07) is 0. The fourth-order valence-corrected chi connectivity index (χ4v) is 0.844. The van der Waals surface area contributed by atoms with E-state index in [0.717, 1.165) is 6.20 Å². The molecule has 16 heavy (non-hydrogen) atoms. The zero-order chi connectivity index (χ0) is 12.3. The number of aromatic nitrogens is 2. The Morgan fingerprint density at radius 1 is 1.69 bits per heavy atom. The van der Waals surface area contributed by atoms with Gasteiger partial charge >= 0.3 is 11.6 Å². The standard InChI is InChI=1S/C9H10N4O3/c1-4-9(2,3)16-7-6(13(14)15)5-11-8(10)12-7/h1,5H,2-3H3,(H2,10,11,12). The third-order valence-corrected chi connectivity index (χ3v) is 1.65. The zero-order valence-corrected chi connectivity index (χ0v) is 8.80. The summed E-state index contributed by atoms with van der Waals surface area (Å²) in [5, 5.41) is 10.7. The third kappa shape index (κ3) is 2.57. The van der Waals surface area contributed by atoms with E-state index in [0.29, 0.717) is 0 Å². The monoisotopic (exact) mass is 222 g/mol. The Bertz CT molecular complexity index is 464. The zero-order valence-electron chi connectivity index (χ0n) is 8.80. The largest absolute Gasteiger partial charge is 0.453 e. The Kier molecular flexibility index (Phi) is 2.94. The van der Waals surface area contributed by atoms with Crippen molar-refractivity contribution in [1.29, 1.82) is 0 Å². The number of nitro groups is 1. The molecule has 2 N–H and O–H groups in total. The molecule has 1 aromatic heterocycles. The number of hydrogen-bond acceptors (Lipinski definition) is 6. The molecule has 0 aliphatic heterocycles. The number of hydrogen-bond donors (Lipinski definition) is 1. The molecule has 0 fully saturated rings. The molecule has 0 unspecified atom stereocenters. The predicted molar refractivity (Wildman–Crippen MR) is 56.6 cm³/mol. The molecule has 0 saturated carbocycles. The van der Waals surface area contributed by atoms with Crippen LogP contribution in [0.2, 0.25) is 0 Å². The Hall–Kier alpha value is -2.36. The van der Waals surface area contributed by atoms with Crippen LogP contribution in [0.3, 0.4) is 0 Å². The summed E-state index contributed by atoms with van der Waals surface area (Å²) in [7, 11) is 0. The summed E-state index contributed by atoms with van der Waals surface area (Å²) in [4.78, 5) is 17.1. The van der Waals surface area contributed by atoms with Crippen LogP contribution in [0.1, 0.15) is 13.8 Å². The van der Waals surface area contributed by atoms with Crippen molar-refractivity contribution in [2.75, 3.05) is 5.73 Å². The van der Waals surface area contributed by atoms with Crippen LogP contribution in [0.5, 0.6) is 5.88 Å². The molecule has 1 aromatic rings. The summed E-state index contributed by atoms with van der Waals surface area (Å²) in [6.45, 7) is 3.16. The van der Waals surface area contributed by atoms with Gasteiger partial charge in [-0.25, -0.2) is 4.98 Å². The van der Waals surface area contributed by atoms with E-state index in [9.17, 15) is 10.1 Å². The van der Waals surface area contributed by atoms with Gasteiger partial charge in [-0.15, -0.1) is 6.42 Å². The molecule has 84 valence electrons. The van der Waals surface area contributed by atoms with Gasteiger partial charge in [0.15, 0.2) is 5.60 Å². The van der Waals surface area contributed by atoms with Crippen LogP contribution in [0.25, 0.3) is 0 Å². The van der Waals surface area contributed by atoms with Crippen molar-refractivity contribution in [3.05, 3.63) is 16.3 Å². The first-order chi connectivity index (χ1) is 7.35. The van der Waals surface area contributed by atoms with E-state index in [1.54, 1.807) is 13.8 Å². The molecule has 1 rings (SSSR count). The maximum absolute atomic E-state index is 10.7. The second-order valence-electron chi connectivity index (χ2n) is 3.43. The van der Waals surface area contributed by atoms with Gasteiger partial charge in [-0.05, 0) is 13.8 Å². The SMILES string of the molecule is C#CC(C)(C)Oc1nc(N)ncc1[N+](=O)[O-]. The van der Waals surface area contributed by atoms with Crippen molar-refractivity contribution in [2.45, 2.75) is 19.4 Å². The van der Waals surface area contributed by atoms with E-state index in [1.807, 2.05) is 0 Å². The number of nitrogens with two attached hydrogens (primary N) is 1. The maximum Gasteiger partial charge on any atom is 0.349 e. The lowest BCUT2D eigenvalue weighted by Gasteiger charge is -2.18. The molecule has 0 aliphatic carbocycles. The van der Waals surface area contributed by atoms with Crippen molar-refractivity contribution in [3.8, 4) is 18.2 Å². The fourth-order valence-electron chi connectivity index (χ4n) is 0.844. The van der Waals surface area contributed by atoms with Crippen LogP contribution < -0.4 is 10.5 Å². The topological polar surface area (TPSA) is 104 Å². The van der Waals surface area contributed by atoms with Crippen molar-refractivity contribution in [1.82, 2.24) is 9.97 Å². The smallest absolute Gasteiger partial charge is 0.349 e. The minimum absolute atomic E-state index is 0.117. The minimum Gasteiger partial charge on any atom is -0.453 e. The van der Waals surface area contributed by atoms with Gasteiger partial charge in [0.25, 0.3) is 0 Å². The van der Waals surface area contributed by atoms with E-state index >= 15 is 0 Å². The van der Waals surface area contributed by atoms with Gasteiger partial charge in [0, 0.05) is 0 Å². The van der Waals surface area contributed by atoms with Crippen molar-refractivity contribution >= 4 is 11.6 Å². The van der Waals surface area contributed by atoms with Gasteiger partial charge in [-0.2, -0.15) is 4.98 Å². The van der Waals surface area contributed by atoms with E-state index in [4.69, 9.17) is 16.9 Å². The van der Waals surface area contributed by atoms with Gasteiger partial charge in [0.05, 0.1) is 4.92 Å². The van der Waals surface area contributed by atoms with Gasteiger partial charge in [-0.3, -0.25) is 10.1 Å². The Morgan fingerprint density at radius 2 is 2.31 bits per heavy atom. The average molecular weight is 222 g/mol. The molecule has 0 spiro atoms. The van der Waals surface area contributed by atoms with Crippen LogP contribution in [0.4, 0.5) is 11.6 Å². The first-order valence-corrected chi connectivity index (χ1v) is 4.29. The number of rotatable bonds is 3. The first kappa shape index (κ1) is 11.7. The number of anilines is 1. The van der Waals surface area contributed by atoms with Crippen LogP contribution in [-0.4, -0.2) is 20.5 Å². The van der Waals surface area contributed by atoms with E-state index in [-0.39, 0.29) is 17.5 Å². The van der Waals surface area contributed by atoms with E-state index in [2.05, 4.69) is 15.9 Å². The molecule has 7 heteroatoms. The second-order valence-corrected chi connectivity index (χ2v) is 3.43.